The van der Waals surface area contributed by atoms with Crippen molar-refractivity contribution in [2.24, 2.45) is 0 Å². The Kier molecular flexibility index (Phi) is 6.85. The van der Waals surface area contributed by atoms with Crippen molar-refractivity contribution in [1.82, 2.24) is 14.1 Å². The smallest absolute Gasteiger partial charge is 0.269 e. The minimum absolute atomic E-state index is 0.0918. The first-order valence-corrected chi connectivity index (χ1v) is 20.2. The zero-order chi connectivity index (χ0) is 50.6. The Bertz CT molecular complexity index is 3700. The fourth-order valence-electron chi connectivity index (χ4n) is 8.16. The lowest BCUT2D eigenvalue weighted by molar-refractivity contribution is -0.571. The van der Waals surface area contributed by atoms with E-state index in [4.69, 9.17) is 23.4 Å². The van der Waals surface area contributed by atoms with Crippen LogP contribution in [0.2, 0.25) is 0 Å². The van der Waals surface area contributed by atoms with E-state index in [0.717, 1.165) is 44.3 Å². The van der Waals surface area contributed by atoms with Crippen molar-refractivity contribution in [3.63, 3.8) is 0 Å². The van der Waals surface area contributed by atoms with Crippen LogP contribution < -0.4 is 9.30 Å². The average Bonchev–Trinajstić information content (AvgIpc) is 3.89. The van der Waals surface area contributed by atoms with Gasteiger partial charge in [0.2, 0.25) is 0 Å². The summed E-state index contributed by atoms with van der Waals surface area (Å²) < 4.78 is 100. The molecule has 0 bridgehead atoms. The number of benzene rings is 7. The molecule has 10 rings (SSSR count). The Morgan fingerprint density at radius 3 is 1.97 bits per heavy atom. The van der Waals surface area contributed by atoms with E-state index in [0.29, 0.717) is 22.7 Å². The molecule has 3 heterocycles. The van der Waals surface area contributed by atoms with Gasteiger partial charge in [0.25, 0.3) is 6.33 Å². The lowest BCUT2D eigenvalue weighted by Crippen LogP contribution is -2.31. The third-order valence-corrected chi connectivity index (χ3v) is 11.1. The summed E-state index contributed by atoms with van der Waals surface area (Å²) in [5, 5.41) is 2.13. The average molecular weight is 803 g/mol. The van der Waals surface area contributed by atoms with Gasteiger partial charge in [0, 0.05) is 23.0 Å². The number of pyridine rings is 1. The van der Waals surface area contributed by atoms with E-state index in [2.05, 4.69) is 82.8 Å². The van der Waals surface area contributed by atoms with E-state index in [1.165, 1.54) is 0 Å². The summed E-state index contributed by atoms with van der Waals surface area (Å²) >= 11 is 0. The molecule has 0 spiro atoms. The van der Waals surface area contributed by atoms with E-state index in [1.54, 1.807) is 22.8 Å². The van der Waals surface area contributed by atoms with Gasteiger partial charge in [-0.1, -0.05) is 163 Å². The first-order valence-electron chi connectivity index (χ1n) is 25.2. The molecule has 61 heavy (non-hydrogen) atoms. The van der Waals surface area contributed by atoms with Gasteiger partial charge in [0.05, 0.1) is 47.1 Å². The Morgan fingerprint density at radius 2 is 1.26 bits per heavy atom. The maximum absolute atomic E-state index is 9.11. The second-order valence-electron chi connectivity index (χ2n) is 17.2. The lowest BCUT2D eigenvalue weighted by atomic mass is 9.86. The summed E-state index contributed by atoms with van der Waals surface area (Å²) in [7, 11) is 0. The van der Waals surface area contributed by atoms with Gasteiger partial charge in [0.1, 0.15) is 17.3 Å². The second kappa shape index (κ2) is 14.8. The number of hydrogen-bond donors (Lipinski definition) is 0. The molecule has 0 aliphatic rings. The fraction of sp³-hybridized carbons (Fsp3) is 0.143. The fourth-order valence-corrected chi connectivity index (χ4v) is 8.16. The third kappa shape index (κ3) is 6.86. The lowest BCUT2D eigenvalue weighted by Gasteiger charge is -2.22. The summed E-state index contributed by atoms with van der Waals surface area (Å²) in [5.74, 6) is 1.91. The molecule has 0 unspecified atom stereocenters. The summed E-state index contributed by atoms with van der Waals surface area (Å²) in [5.41, 5.74) is 5.70. The second-order valence-corrected chi connectivity index (χ2v) is 17.2. The quantitative estimate of drug-likeness (QED) is 0.119. The largest absolute Gasteiger partial charge is 0.458 e. The summed E-state index contributed by atoms with van der Waals surface area (Å²) in [6.45, 7) is 12.8. The Balaban J connectivity index is 1.20. The van der Waals surface area contributed by atoms with Gasteiger partial charge in [0.15, 0.2) is 0 Å². The number of para-hydroxylation sites is 3. The molecular formula is C56H48N4O. The Hall–Kier alpha value is -7.24. The molecule has 7 aromatic carbocycles. The number of ether oxygens (including phenoxy) is 1. The van der Waals surface area contributed by atoms with Gasteiger partial charge in [-0.05, 0) is 92.7 Å². The number of fused-ring (bicyclic) bond motifs is 4. The maximum atomic E-state index is 9.11. The predicted molar refractivity (Wildman–Crippen MR) is 251 cm³/mol. The monoisotopic (exact) mass is 802 g/mol. The number of imidazole rings is 1. The molecule has 0 aliphatic heterocycles. The number of rotatable bonds is 7. The van der Waals surface area contributed by atoms with Gasteiger partial charge in [-0.15, -0.1) is 0 Å². The van der Waals surface area contributed by atoms with Crippen molar-refractivity contribution in [3.05, 3.63) is 199 Å². The number of hydrogen-bond acceptors (Lipinski definition) is 2. The molecule has 0 saturated carbocycles. The van der Waals surface area contributed by atoms with Crippen LogP contribution in [-0.2, 0) is 10.8 Å². The molecule has 0 atom stereocenters. The normalized spacial score (nSPS) is 14.4. The maximum Gasteiger partial charge on any atom is 0.269 e. The van der Waals surface area contributed by atoms with Crippen molar-refractivity contribution in [1.29, 1.82) is 0 Å². The molecule has 5 nitrogen and oxygen atoms in total. The predicted octanol–water partition coefficient (Wildman–Crippen LogP) is 13.9. The van der Waals surface area contributed by atoms with Crippen LogP contribution in [0.4, 0.5) is 0 Å². The van der Waals surface area contributed by atoms with Crippen molar-refractivity contribution in [2.45, 2.75) is 52.4 Å². The van der Waals surface area contributed by atoms with Gasteiger partial charge in [-0.2, -0.15) is 0 Å². The molecule has 5 heteroatoms. The summed E-state index contributed by atoms with van der Waals surface area (Å²) in [4.78, 5) is 4.84. The van der Waals surface area contributed by atoms with Crippen LogP contribution in [0.15, 0.2) is 182 Å². The van der Waals surface area contributed by atoms with Crippen molar-refractivity contribution in [2.75, 3.05) is 0 Å². The molecular weight excluding hydrogens is 745 g/mol. The zero-order valence-corrected chi connectivity index (χ0v) is 34.7. The first-order chi connectivity index (χ1) is 33.7. The highest BCUT2D eigenvalue weighted by Crippen LogP contribution is 2.39. The van der Waals surface area contributed by atoms with Crippen molar-refractivity contribution < 1.29 is 23.0 Å². The van der Waals surface area contributed by atoms with Gasteiger partial charge in [-0.25, -0.2) is 4.98 Å². The molecule has 10 aromatic rings. The molecule has 0 radical (unpaired) electrons. The topological polar surface area (TPSA) is 35.9 Å². The van der Waals surface area contributed by atoms with Crippen LogP contribution in [0.3, 0.4) is 0 Å². The summed E-state index contributed by atoms with van der Waals surface area (Å²) in [6.07, 6.45) is 5.40. The first kappa shape index (κ1) is 28.3. The Labute approximate surface area is 371 Å². The van der Waals surface area contributed by atoms with Gasteiger partial charge >= 0.3 is 0 Å². The Morgan fingerprint density at radius 1 is 0.607 bits per heavy atom. The minimum Gasteiger partial charge on any atom is -0.458 e. The van der Waals surface area contributed by atoms with Crippen LogP contribution in [0.25, 0.3) is 72.3 Å². The van der Waals surface area contributed by atoms with E-state index in [1.807, 2.05) is 77.5 Å². The highest BCUT2D eigenvalue weighted by molar-refractivity contribution is 6.09. The zero-order valence-electron chi connectivity index (χ0n) is 44.7. The van der Waals surface area contributed by atoms with Crippen molar-refractivity contribution >= 4 is 32.8 Å². The van der Waals surface area contributed by atoms with Crippen molar-refractivity contribution in [3.8, 4) is 50.9 Å². The molecule has 0 amide bonds. The van der Waals surface area contributed by atoms with Gasteiger partial charge < -0.3 is 4.74 Å². The molecule has 298 valence electrons. The standard InChI is InChI=1S/C56H48N4O/c1-55(2,3)40-32-33-57-52(34-40)60-49-28-14-13-24-46(49)47-31-30-43(36-51(47)60)61-42-23-15-22-41(35-42)58-37-59(50-29-17-27-48(54(50)58)56(4,5)6)53-44(38-18-9-7-10-19-38)25-16-26-45(53)39-20-11-8-12-21-39/h7-36H,1-6H3/i7D,8D,9D,10D,11D,12D,18D,19D,20D,21D. The van der Waals surface area contributed by atoms with Gasteiger partial charge in [-0.3, -0.25) is 13.7 Å². The minimum atomic E-state index is -0.565. The summed E-state index contributed by atoms with van der Waals surface area (Å²) in [6, 6.07) is 31.5. The molecule has 0 N–H and O–H groups in total. The van der Waals surface area contributed by atoms with E-state index in [-0.39, 0.29) is 33.4 Å². The molecule has 0 aliphatic carbocycles. The van der Waals surface area contributed by atoms with E-state index >= 15 is 0 Å². The van der Waals surface area contributed by atoms with Crippen LogP contribution in [0.5, 0.6) is 11.5 Å². The number of aromatic nitrogens is 4. The third-order valence-electron chi connectivity index (χ3n) is 11.1. The molecule has 0 fully saturated rings. The van der Waals surface area contributed by atoms with Crippen LogP contribution in [0, 0.1) is 6.33 Å². The molecule has 3 aromatic heterocycles. The van der Waals surface area contributed by atoms with Crippen LogP contribution >= 0.6 is 0 Å². The highest BCUT2D eigenvalue weighted by Gasteiger charge is 2.25. The van der Waals surface area contributed by atoms with E-state index < -0.39 is 65.8 Å². The molecule has 0 saturated heterocycles. The van der Waals surface area contributed by atoms with Crippen LogP contribution in [-0.4, -0.2) is 14.1 Å². The van der Waals surface area contributed by atoms with E-state index in [9.17, 15) is 0 Å². The highest BCUT2D eigenvalue weighted by atomic mass is 16.5. The SMILES string of the molecule is [2H]c1c([2H])c([2H])c(-c2cccc(-c3c([2H])c([2H])c([2H])c([2H])c3[2H])c2-[n+]2[c-]n(-c3cccc(Oc4ccc5c6ccccc6n(-c6cc(C(C)(C)C)ccn6)c5c4)c3)c3c(C(C)(C)C)cccc32)c([2H])c1[2H]. The number of nitrogens with zero attached hydrogens (tertiary/aromatic N) is 4. The van der Waals surface area contributed by atoms with Crippen LogP contribution in [0.1, 0.15) is 66.4 Å².